The zero-order valence-electron chi connectivity index (χ0n) is 12.0. The van der Waals surface area contributed by atoms with Gasteiger partial charge in [0, 0.05) is 5.69 Å². The highest BCUT2D eigenvalue weighted by Gasteiger charge is 2.83. The van der Waals surface area contributed by atoms with Crippen molar-refractivity contribution in [3.8, 4) is 0 Å². The second kappa shape index (κ2) is 5.85. The third kappa shape index (κ3) is 3.29. The number of aryl methyl sites for hydroxylation is 2. The highest BCUT2D eigenvalue weighted by molar-refractivity contribution is 5.97. The number of halogens is 9. The molecular formula is C13H10F9NO. The van der Waals surface area contributed by atoms with Gasteiger partial charge in [0.05, 0.1) is 0 Å². The molecule has 0 radical (unpaired) electrons. The Labute approximate surface area is 129 Å². The maximum absolute atomic E-state index is 13.4. The molecule has 0 bridgehead atoms. The number of nitrogens with one attached hydrogen (secondary N) is 1. The van der Waals surface area contributed by atoms with Crippen LogP contribution in [-0.4, -0.2) is 29.9 Å². The van der Waals surface area contributed by atoms with Crippen molar-refractivity contribution in [2.24, 2.45) is 0 Å². The summed E-state index contributed by atoms with van der Waals surface area (Å²) in [6.07, 6.45) is -6.97. The third-order valence-electron chi connectivity index (χ3n) is 2.91. The molecule has 0 atom stereocenters. The number of alkyl halides is 9. The molecule has 0 spiro atoms. The molecule has 1 amide bonds. The van der Waals surface area contributed by atoms with E-state index in [1.54, 1.807) is 0 Å². The zero-order chi connectivity index (χ0) is 19.1. The molecule has 1 aromatic carbocycles. The topological polar surface area (TPSA) is 29.1 Å². The molecule has 0 aromatic heterocycles. The first kappa shape index (κ1) is 20.1. The van der Waals surface area contributed by atoms with E-state index in [1.807, 2.05) is 0 Å². The number of benzene rings is 1. The van der Waals surface area contributed by atoms with Gasteiger partial charge in [0.15, 0.2) is 0 Å². The molecular weight excluding hydrogens is 357 g/mol. The normalized spacial score (nSPS) is 13.8. The number of hydrogen-bond donors (Lipinski definition) is 1. The van der Waals surface area contributed by atoms with E-state index in [4.69, 9.17) is 0 Å². The van der Waals surface area contributed by atoms with Gasteiger partial charge in [0.1, 0.15) is 0 Å². The summed E-state index contributed by atoms with van der Waals surface area (Å²) in [6.45, 7) is 2.90. The number of hydrogen-bond acceptors (Lipinski definition) is 1. The van der Waals surface area contributed by atoms with Crippen LogP contribution in [0.25, 0.3) is 0 Å². The maximum Gasteiger partial charge on any atom is 0.460 e. The standard InChI is InChI=1S/C13H10F9NO/c1-6-3-7(2)5-8(4-6)23-9(24)10(14,15)11(16,17)12(18,19)13(20,21)22/h3-5H,1-2H3,(H,23,24). The summed E-state index contributed by atoms with van der Waals surface area (Å²) in [5, 5.41) is 1.22. The Morgan fingerprint density at radius 3 is 1.58 bits per heavy atom. The quantitative estimate of drug-likeness (QED) is 0.768. The largest absolute Gasteiger partial charge is 0.460 e. The van der Waals surface area contributed by atoms with Crippen molar-refractivity contribution in [3.05, 3.63) is 29.3 Å². The molecule has 1 aromatic rings. The van der Waals surface area contributed by atoms with Gasteiger partial charge in [-0.1, -0.05) is 6.07 Å². The second-order valence-electron chi connectivity index (χ2n) is 5.05. The molecule has 11 heteroatoms. The van der Waals surface area contributed by atoms with Gasteiger partial charge in [0.25, 0.3) is 0 Å². The molecule has 2 nitrogen and oxygen atoms in total. The van der Waals surface area contributed by atoms with Crippen LogP contribution >= 0.6 is 0 Å². The summed E-state index contributed by atoms with van der Waals surface area (Å²) < 4.78 is 114. The minimum absolute atomic E-state index is 0.404. The van der Waals surface area contributed by atoms with Crippen LogP contribution in [0.15, 0.2) is 18.2 Å². The van der Waals surface area contributed by atoms with E-state index < -0.39 is 35.5 Å². The highest BCUT2D eigenvalue weighted by Crippen LogP contribution is 2.53. The molecule has 0 aliphatic heterocycles. The van der Waals surface area contributed by atoms with Crippen LogP contribution in [0.2, 0.25) is 0 Å². The molecule has 0 heterocycles. The van der Waals surface area contributed by atoms with Crippen LogP contribution in [0.3, 0.4) is 0 Å². The van der Waals surface area contributed by atoms with Gasteiger partial charge in [-0.25, -0.2) is 0 Å². The maximum atomic E-state index is 13.4. The first-order valence-electron chi connectivity index (χ1n) is 6.14. The van der Waals surface area contributed by atoms with Crippen molar-refractivity contribution in [1.29, 1.82) is 0 Å². The van der Waals surface area contributed by atoms with Crippen molar-refractivity contribution < 1.29 is 44.3 Å². The summed E-state index contributed by atoms with van der Waals surface area (Å²) in [4.78, 5) is 11.2. The lowest BCUT2D eigenvalue weighted by atomic mass is 10.0. The Morgan fingerprint density at radius 1 is 0.792 bits per heavy atom. The average molecular weight is 367 g/mol. The van der Waals surface area contributed by atoms with Crippen LogP contribution in [0.1, 0.15) is 11.1 Å². The Hall–Kier alpha value is -1.94. The minimum Gasteiger partial charge on any atom is -0.321 e. The first-order valence-corrected chi connectivity index (χ1v) is 6.14. The van der Waals surface area contributed by atoms with E-state index in [2.05, 4.69) is 0 Å². The van der Waals surface area contributed by atoms with Crippen LogP contribution in [0.5, 0.6) is 0 Å². The van der Waals surface area contributed by atoms with Gasteiger partial charge in [-0.15, -0.1) is 0 Å². The highest BCUT2D eigenvalue weighted by atomic mass is 19.4. The molecule has 0 saturated heterocycles. The molecule has 0 aliphatic rings. The van der Waals surface area contributed by atoms with E-state index in [0.29, 0.717) is 11.1 Å². The van der Waals surface area contributed by atoms with E-state index in [-0.39, 0.29) is 0 Å². The van der Waals surface area contributed by atoms with Crippen LogP contribution in [0.4, 0.5) is 45.2 Å². The van der Waals surface area contributed by atoms with E-state index in [1.165, 1.54) is 25.2 Å². The minimum atomic E-state index is -7.11. The smallest absolute Gasteiger partial charge is 0.321 e. The number of carbonyl (C=O) groups excluding carboxylic acids is 1. The Morgan fingerprint density at radius 2 is 1.21 bits per heavy atom. The van der Waals surface area contributed by atoms with Gasteiger partial charge in [-0.3, -0.25) is 4.79 Å². The first-order chi connectivity index (χ1) is 10.5. The molecule has 0 unspecified atom stereocenters. The summed E-state index contributed by atoms with van der Waals surface area (Å²) in [7, 11) is 0. The second-order valence-corrected chi connectivity index (χ2v) is 5.05. The number of rotatable bonds is 4. The number of anilines is 1. The van der Waals surface area contributed by atoms with Gasteiger partial charge < -0.3 is 5.32 Å². The number of carbonyl (C=O) groups is 1. The van der Waals surface area contributed by atoms with Crippen molar-refractivity contribution in [2.45, 2.75) is 37.8 Å². The predicted molar refractivity (Wildman–Crippen MR) is 65.4 cm³/mol. The summed E-state index contributed by atoms with van der Waals surface area (Å²) in [6, 6.07) is 3.60. The van der Waals surface area contributed by atoms with Gasteiger partial charge in [-0.2, -0.15) is 39.5 Å². The lowest BCUT2D eigenvalue weighted by molar-refractivity contribution is -0.388. The van der Waals surface area contributed by atoms with Crippen molar-refractivity contribution in [1.82, 2.24) is 0 Å². The van der Waals surface area contributed by atoms with Crippen molar-refractivity contribution in [3.63, 3.8) is 0 Å². The summed E-state index contributed by atoms with van der Waals surface area (Å²) in [5.41, 5.74) is 0.352. The van der Waals surface area contributed by atoms with Crippen LogP contribution in [-0.2, 0) is 4.79 Å². The Balaban J connectivity index is 3.20. The number of amides is 1. The third-order valence-corrected chi connectivity index (χ3v) is 2.91. The Bertz CT molecular complexity index is 617. The fourth-order valence-electron chi connectivity index (χ4n) is 1.77. The molecule has 24 heavy (non-hydrogen) atoms. The lowest BCUT2D eigenvalue weighted by Gasteiger charge is -2.32. The lowest BCUT2D eigenvalue weighted by Crippen LogP contribution is -2.64. The fourth-order valence-corrected chi connectivity index (χ4v) is 1.77. The molecule has 1 rings (SSSR count). The molecule has 0 saturated carbocycles. The van der Waals surface area contributed by atoms with Crippen molar-refractivity contribution >= 4 is 11.6 Å². The molecule has 0 fully saturated rings. The predicted octanol–water partition coefficient (Wildman–Crippen LogP) is 4.71. The molecule has 0 aliphatic carbocycles. The van der Waals surface area contributed by atoms with E-state index in [0.717, 1.165) is 12.1 Å². The molecule has 1 N–H and O–H groups in total. The van der Waals surface area contributed by atoms with Gasteiger partial charge in [-0.05, 0) is 37.1 Å². The monoisotopic (exact) mass is 367 g/mol. The van der Waals surface area contributed by atoms with E-state index >= 15 is 0 Å². The van der Waals surface area contributed by atoms with E-state index in [9.17, 15) is 44.3 Å². The van der Waals surface area contributed by atoms with Gasteiger partial charge in [0.2, 0.25) is 0 Å². The average Bonchev–Trinajstić information content (AvgIpc) is 2.35. The Kier molecular flexibility index (Phi) is 4.90. The summed E-state index contributed by atoms with van der Waals surface area (Å²) >= 11 is 0. The SMILES string of the molecule is Cc1cc(C)cc(NC(=O)C(F)(F)C(F)(F)C(F)(F)C(F)(F)F)c1. The van der Waals surface area contributed by atoms with Crippen LogP contribution in [0, 0.1) is 13.8 Å². The van der Waals surface area contributed by atoms with Crippen molar-refractivity contribution in [2.75, 3.05) is 5.32 Å². The summed E-state index contributed by atoms with van der Waals surface area (Å²) in [5.74, 6) is -23.4. The molecule has 136 valence electrons. The zero-order valence-corrected chi connectivity index (χ0v) is 12.0. The fraction of sp³-hybridized carbons (Fsp3) is 0.462. The van der Waals surface area contributed by atoms with Gasteiger partial charge >= 0.3 is 29.9 Å². The van der Waals surface area contributed by atoms with Crippen LogP contribution < -0.4 is 5.32 Å².